The number of nitrogens with zero attached hydrogens (tertiary/aromatic N) is 9. The lowest BCUT2D eigenvalue weighted by Gasteiger charge is -2.13. The molecule has 0 radical (unpaired) electrons. The van der Waals surface area contributed by atoms with Crippen LogP contribution in [-0.4, -0.2) is 95.1 Å². The van der Waals surface area contributed by atoms with Gasteiger partial charge >= 0.3 is 11.9 Å². The van der Waals surface area contributed by atoms with Crippen molar-refractivity contribution in [3.63, 3.8) is 0 Å². The van der Waals surface area contributed by atoms with Crippen molar-refractivity contribution in [2.24, 2.45) is 0 Å². The molecular formula is C97H103N15O14. The summed E-state index contributed by atoms with van der Waals surface area (Å²) in [6, 6.07) is 43.0. The van der Waals surface area contributed by atoms with E-state index < -0.39 is 11.9 Å². The minimum absolute atomic E-state index is 0. The second-order valence-electron chi connectivity index (χ2n) is 31.9. The first-order valence-electron chi connectivity index (χ1n) is 41.7. The normalized spacial score (nSPS) is 13.4. The molecule has 0 spiro atoms. The molecule has 11 aromatic heterocycles. The number of furan rings is 6. The number of nitrogens with one attached hydrogen (secondary N) is 1. The third kappa shape index (κ3) is 18.1. The van der Waals surface area contributed by atoms with Crippen LogP contribution in [0, 0.1) is 41.5 Å². The number of aromatic amines is 1. The molecule has 5 aliphatic carbocycles. The van der Waals surface area contributed by atoms with Gasteiger partial charge in [-0.2, -0.15) is 34.0 Å². The fourth-order valence-corrected chi connectivity index (χ4v) is 17.1. The van der Waals surface area contributed by atoms with E-state index in [2.05, 4.69) is 30.6 Å². The molecule has 17 aromatic rings. The summed E-state index contributed by atoms with van der Waals surface area (Å²) in [5.41, 5.74) is 47.3. The number of H-pyrrole nitrogens is 1. The van der Waals surface area contributed by atoms with Crippen LogP contribution in [0.25, 0.3) is 65.8 Å². The molecule has 0 atom stereocenters. The van der Waals surface area contributed by atoms with E-state index in [0.29, 0.717) is 79.1 Å². The van der Waals surface area contributed by atoms with Crippen molar-refractivity contribution >= 4 is 130 Å². The van der Waals surface area contributed by atoms with Gasteiger partial charge in [0, 0.05) is 77.0 Å². The van der Waals surface area contributed by atoms with E-state index in [1.54, 1.807) is 67.6 Å². The first-order chi connectivity index (χ1) is 59.8. The molecule has 0 fully saturated rings. The van der Waals surface area contributed by atoms with Gasteiger partial charge in [-0.1, -0.05) is 51.3 Å². The Morgan fingerprint density at radius 3 is 1.08 bits per heavy atom. The van der Waals surface area contributed by atoms with Crippen LogP contribution in [0.1, 0.15) is 232 Å². The molecule has 126 heavy (non-hydrogen) atoms. The lowest BCUT2D eigenvalue weighted by Crippen LogP contribution is -2.18. The standard InChI is InChI=1S/4C17H17N3O2.2C10H8O3.C7H11N3.2CH4/c1-10-9-13-11(6-4-8-15(13)22-10)17(21)20-14-7-3-2-5-12(14)16(18)19-20;1-10-9-13-11(6-4-8-15(13)22-10)17(21)20-16(18)12-5-2-3-7-14(12)19-20;1-10-8-11-6-7-12(9-15(11)22-10)17(21)20-14-5-3-2-4-13(14)16(18)19-20;1-10-8-11-6-7-12(9-15(11)22-10)17(21)20-16(18)13-4-2-3-5-14(13)19-20;1-6-4-7-2-3-8(10(11)12)5-9(7)13-6;1-6-5-8-7(10(11)12)3-2-4-9(8)13-6;8-7-5-3-1-2-4-6(5)9-10-7;;/h4,6,8-9H,2-3,5,7H2,1H3,(H2,18,19);4,6,8-9H,2-3,5,7,18H2,1H3;6-9H,2-5H2,1H3,(H2,18,19);6-9H,2-5,18H2,1H3;2*2-5H,1H3,(H,11,12);1-4H2,(H3,8,9,10);2*1H4. The fourth-order valence-electron chi connectivity index (χ4n) is 17.1. The Bertz CT molecular complexity index is 6990. The average Bonchev–Trinajstić information content (AvgIpc) is 1.65. The van der Waals surface area contributed by atoms with E-state index >= 15 is 0 Å². The van der Waals surface area contributed by atoms with E-state index in [1.165, 1.54) is 48.9 Å². The maximum atomic E-state index is 13.0. The highest BCUT2D eigenvalue weighted by atomic mass is 16.4. The van der Waals surface area contributed by atoms with Crippen molar-refractivity contribution in [3.05, 3.63) is 270 Å². The number of nitrogens with two attached hydrogens (primary N) is 5. The number of aromatic carboxylic acids is 2. The summed E-state index contributed by atoms with van der Waals surface area (Å²) < 4.78 is 38.6. The number of aryl methyl sites for hydroxylation is 9. The smallest absolute Gasteiger partial charge is 0.336 e. The van der Waals surface area contributed by atoms with Gasteiger partial charge in [-0.25, -0.2) is 9.59 Å². The number of carboxylic acid groups (broad SMARTS) is 2. The Labute approximate surface area is 724 Å². The van der Waals surface area contributed by atoms with Gasteiger partial charge in [0.05, 0.1) is 45.0 Å². The van der Waals surface area contributed by atoms with Gasteiger partial charge in [0.2, 0.25) is 0 Å². The second kappa shape index (κ2) is 37.1. The van der Waals surface area contributed by atoms with E-state index in [4.69, 9.17) is 65.4 Å². The quantitative estimate of drug-likeness (QED) is 0.0766. The fraction of sp³-hybridized carbons (Fsp3) is 0.289. The number of nitrogen functional groups attached to an aromatic ring is 5. The molecule has 0 bridgehead atoms. The monoisotopic (exact) mass is 1700 g/mol. The molecule has 29 nitrogen and oxygen atoms in total. The number of carbonyl (C=O) groups is 6. The molecule has 13 N–H and O–H groups in total. The molecule has 0 saturated carbocycles. The summed E-state index contributed by atoms with van der Waals surface area (Å²) >= 11 is 0. The summed E-state index contributed by atoms with van der Waals surface area (Å²) in [5.74, 6) is 4.84. The zero-order chi connectivity index (χ0) is 86.9. The van der Waals surface area contributed by atoms with Gasteiger partial charge in [0.25, 0.3) is 23.6 Å². The molecular weight excluding hydrogens is 1600 g/mol. The molecule has 0 saturated heterocycles. The first-order valence-corrected chi connectivity index (χ1v) is 41.7. The number of carboxylic acids is 2. The Kier molecular flexibility index (Phi) is 25.8. The topological polar surface area (TPSA) is 452 Å². The van der Waals surface area contributed by atoms with Crippen LogP contribution >= 0.6 is 0 Å². The number of hydrogen-bond donors (Lipinski definition) is 8. The molecule has 0 amide bonds. The summed E-state index contributed by atoms with van der Waals surface area (Å²) in [5, 5.41) is 47.1. The number of anilines is 5. The number of hydrogen-bond acceptors (Lipinski definition) is 22. The lowest BCUT2D eigenvalue weighted by atomic mass is 9.97. The number of fused-ring (bicyclic) bond motifs is 11. The average molecular weight is 1700 g/mol. The van der Waals surface area contributed by atoms with Crippen molar-refractivity contribution in [2.45, 2.75) is 185 Å². The van der Waals surface area contributed by atoms with Gasteiger partial charge in [0.15, 0.2) is 0 Å². The van der Waals surface area contributed by atoms with E-state index in [0.717, 1.165) is 233 Å². The number of rotatable bonds is 6. The molecule has 22 rings (SSSR count). The molecule has 29 heteroatoms. The van der Waals surface area contributed by atoms with Crippen LogP contribution in [0.5, 0.6) is 0 Å². The van der Waals surface area contributed by atoms with Crippen LogP contribution in [-0.2, 0) is 64.2 Å². The van der Waals surface area contributed by atoms with Crippen molar-refractivity contribution in [1.29, 1.82) is 0 Å². The van der Waals surface area contributed by atoms with Crippen molar-refractivity contribution in [1.82, 2.24) is 49.3 Å². The van der Waals surface area contributed by atoms with Crippen LogP contribution in [0.3, 0.4) is 0 Å². The summed E-state index contributed by atoms with van der Waals surface area (Å²) in [6.07, 6.45) is 20.7. The Balaban J connectivity index is 0.000000121. The largest absolute Gasteiger partial charge is 0.478 e. The van der Waals surface area contributed by atoms with Gasteiger partial charge in [-0.3, -0.25) is 24.3 Å². The van der Waals surface area contributed by atoms with Gasteiger partial charge in [-0.15, -0.1) is 10.2 Å². The lowest BCUT2D eigenvalue weighted by molar-refractivity contribution is 0.0687. The third-order valence-corrected chi connectivity index (χ3v) is 23.1. The minimum atomic E-state index is -0.934. The Morgan fingerprint density at radius 2 is 0.659 bits per heavy atom. The highest BCUT2D eigenvalue weighted by molar-refractivity contribution is 6.09. The summed E-state index contributed by atoms with van der Waals surface area (Å²) in [4.78, 5) is 72.7. The van der Waals surface area contributed by atoms with Crippen LogP contribution in [0.2, 0.25) is 0 Å². The zero-order valence-electron chi connectivity index (χ0n) is 69.7. The van der Waals surface area contributed by atoms with Gasteiger partial charge in [-0.05, 0) is 279 Å². The first kappa shape index (κ1) is 87.6. The third-order valence-electron chi connectivity index (χ3n) is 23.1. The highest BCUT2D eigenvalue weighted by Crippen LogP contribution is 2.35. The Morgan fingerprint density at radius 1 is 0.325 bits per heavy atom. The van der Waals surface area contributed by atoms with Crippen molar-refractivity contribution in [3.8, 4) is 0 Å². The van der Waals surface area contributed by atoms with Crippen molar-refractivity contribution in [2.75, 3.05) is 28.7 Å². The van der Waals surface area contributed by atoms with Crippen LogP contribution in [0.4, 0.5) is 29.1 Å². The van der Waals surface area contributed by atoms with Gasteiger partial charge in [0.1, 0.15) is 97.1 Å². The predicted octanol–water partition coefficient (Wildman–Crippen LogP) is 19.4. The Hall–Kier alpha value is -14.8. The van der Waals surface area contributed by atoms with Crippen molar-refractivity contribution < 1.29 is 65.5 Å². The molecule has 11 heterocycles. The van der Waals surface area contributed by atoms with Gasteiger partial charge < -0.3 is 65.4 Å². The maximum absolute atomic E-state index is 13.0. The molecule has 6 aromatic carbocycles. The van der Waals surface area contributed by atoms with Crippen LogP contribution < -0.4 is 28.7 Å². The van der Waals surface area contributed by atoms with E-state index in [-0.39, 0.29) is 49.6 Å². The summed E-state index contributed by atoms with van der Waals surface area (Å²) in [7, 11) is 0. The highest BCUT2D eigenvalue weighted by Gasteiger charge is 2.30. The molecule has 0 unspecified atom stereocenters. The minimum Gasteiger partial charge on any atom is -0.478 e. The van der Waals surface area contributed by atoms with E-state index in [9.17, 15) is 28.8 Å². The molecule has 650 valence electrons. The maximum Gasteiger partial charge on any atom is 0.336 e. The van der Waals surface area contributed by atoms with E-state index in [1.807, 2.05) is 113 Å². The number of aromatic nitrogens is 10. The second-order valence-corrected chi connectivity index (χ2v) is 31.9. The zero-order valence-corrected chi connectivity index (χ0v) is 69.7. The molecule has 5 aliphatic rings. The predicted molar refractivity (Wildman–Crippen MR) is 485 cm³/mol. The SMILES string of the molecule is C.C.Cc1cc2c(C(=O)O)cccc2o1.Cc1cc2c(C(=O)n3nc(N)c4c3CCCC4)cccc2o1.Cc1cc2c(C(=O)n3nc4c(c3N)CCCC4)cccc2o1.Cc1cc2ccc(C(=O)O)cc2o1.Cc1cc2ccc(C(=O)n3nc(N)c4c3CCCC4)cc2o1.Cc1cc2ccc(C(=O)n3nc4c(c3N)CCCC4)cc2o1.Nc1n[nH]c2c1CCCC2. The number of carbonyl (C=O) groups excluding carboxylic acids is 4. The molecule has 0 aliphatic heterocycles. The number of benzene rings is 6. The summed E-state index contributed by atoms with van der Waals surface area (Å²) in [6.45, 7) is 11.2. The van der Waals surface area contributed by atoms with Crippen LogP contribution in [0.15, 0.2) is 172 Å².